The van der Waals surface area contributed by atoms with E-state index in [4.69, 9.17) is 21.6 Å². The average Bonchev–Trinajstić information content (AvgIpc) is 2.46. The van der Waals surface area contributed by atoms with Crippen LogP contribution in [-0.4, -0.2) is 17.2 Å². The third-order valence-electron chi connectivity index (χ3n) is 1.92. The lowest BCUT2D eigenvalue weighted by Crippen LogP contribution is -2.30. The SMILES string of the molecule is OB(O)c1cc2c(Cl)csc2cc1Br. The summed E-state index contributed by atoms with van der Waals surface area (Å²) >= 11 is 10.7. The van der Waals surface area contributed by atoms with Gasteiger partial charge in [0.25, 0.3) is 0 Å². The highest BCUT2D eigenvalue weighted by Crippen LogP contribution is 2.31. The van der Waals surface area contributed by atoms with Gasteiger partial charge in [-0.25, -0.2) is 0 Å². The first-order valence-corrected chi connectivity index (χ1v) is 5.87. The van der Waals surface area contributed by atoms with Crippen molar-refractivity contribution in [2.45, 2.75) is 0 Å². The average molecular weight is 291 g/mol. The molecule has 0 amide bonds. The molecule has 0 radical (unpaired) electrons. The first kappa shape index (κ1) is 10.5. The van der Waals surface area contributed by atoms with Crippen molar-refractivity contribution in [1.29, 1.82) is 0 Å². The van der Waals surface area contributed by atoms with Gasteiger partial charge in [0.2, 0.25) is 0 Å². The van der Waals surface area contributed by atoms with Crippen LogP contribution in [0.2, 0.25) is 5.02 Å². The molecule has 14 heavy (non-hydrogen) atoms. The van der Waals surface area contributed by atoms with Crippen molar-refractivity contribution in [1.82, 2.24) is 0 Å². The molecule has 0 aliphatic rings. The van der Waals surface area contributed by atoms with E-state index in [1.165, 1.54) is 11.3 Å². The lowest BCUT2D eigenvalue weighted by atomic mass is 9.80. The van der Waals surface area contributed by atoms with Crippen molar-refractivity contribution in [3.8, 4) is 0 Å². The van der Waals surface area contributed by atoms with Gasteiger partial charge in [-0.3, -0.25) is 0 Å². The van der Waals surface area contributed by atoms with Crippen molar-refractivity contribution >= 4 is 61.5 Å². The van der Waals surface area contributed by atoms with Crippen LogP contribution in [0.15, 0.2) is 22.0 Å². The van der Waals surface area contributed by atoms with Crippen LogP contribution in [0.3, 0.4) is 0 Å². The Kier molecular flexibility index (Phi) is 2.86. The molecule has 0 bridgehead atoms. The van der Waals surface area contributed by atoms with E-state index in [0.717, 1.165) is 10.1 Å². The summed E-state index contributed by atoms with van der Waals surface area (Å²) in [5.74, 6) is 0. The second kappa shape index (κ2) is 3.83. The van der Waals surface area contributed by atoms with E-state index in [1.807, 2.05) is 11.4 Å². The molecule has 1 aromatic heterocycles. The monoisotopic (exact) mass is 290 g/mol. The minimum absolute atomic E-state index is 0.429. The molecule has 0 saturated heterocycles. The quantitative estimate of drug-likeness (QED) is 0.789. The van der Waals surface area contributed by atoms with Crippen molar-refractivity contribution in [2.24, 2.45) is 0 Å². The maximum Gasteiger partial charge on any atom is 0.489 e. The Bertz CT molecular complexity index is 485. The summed E-state index contributed by atoms with van der Waals surface area (Å²) in [4.78, 5) is 0. The second-order valence-electron chi connectivity index (χ2n) is 2.83. The summed E-state index contributed by atoms with van der Waals surface area (Å²) in [5, 5.41) is 21.5. The number of fused-ring (bicyclic) bond motifs is 1. The lowest BCUT2D eigenvalue weighted by molar-refractivity contribution is 0.425. The molecular weight excluding hydrogens is 286 g/mol. The molecule has 0 unspecified atom stereocenters. The van der Waals surface area contributed by atoms with Crippen LogP contribution in [0.25, 0.3) is 10.1 Å². The standard InChI is InChI=1S/C8H5BBrClO2S/c10-6-2-8-4(7(11)3-14-8)1-5(6)9(12)13/h1-3,12-13H. The molecule has 0 saturated carbocycles. The Morgan fingerprint density at radius 2 is 2.07 bits per heavy atom. The highest BCUT2D eigenvalue weighted by Gasteiger charge is 2.16. The highest BCUT2D eigenvalue weighted by molar-refractivity contribution is 9.10. The van der Waals surface area contributed by atoms with Crippen LogP contribution in [-0.2, 0) is 0 Å². The fraction of sp³-hybridized carbons (Fsp3) is 0. The maximum atomic E-state index is 9.08. The molecule has 0 atom stereocenters. The number of hydrogen-bond acceptors (Lipinski definition) is 3. The number of thiophene rings is 1. The first-order valence-electron chi connectivity index (χ1n) is 3.82. The van der Waals surface area contributed by atoms with Gasteiger partial charge in [-0.2, -0.15) is 0 Å². The molecule has 6 heteroatoms. The van der Waals surface area contributed by atoms with E-state index >= 15 is 0 Å². The van der Waals surface area contributed by atoms with E-state index in [-0.39, 0.29) is 0 Å². The molecule has 0 spiro atoms. The molecule has 2 rings (SSSR count). The topological polar surface area (TPSA) is 40.5 Å². The van der Waals surface area contributed by atoms with Gasteiger partial charge in [0.1, 0.15) is 0 Å². The molecule has 1 aromatic carbocycles. The molecule has 0 aliphatic heterocycles. The van der Waals surface area contributed by atoms with Gasteiger partial charge in [0.15, 0.2) is 0 Å². The van der Waals surface area contributed by atoms with E-state index in [0.29, 0.717) is 15.0 Å². The normalized spacial score (nSPS) is 10.9. The van der Waals surface area contributed by atoms with Gasteiger partial charge in [0.05, 0.1) is 5.02 Å². The summed E-state index contributed by atoms with van der Waals surface area (Å²) in [5.41, 5.74) is 0.429. The summed E-state index contributed by atoms with van der Waals surface area (Å²) in [6, 6.07) is 3.52. The van der Waals surface area contributed by atoms with Gasteiger partial charge < -0.3 is 10.0 Å². The predicted molar refractivity (Wildman–Crippen MR) is 64.4 cm³/mol. The van der Waals surface area contributed by atoms with Gasteiger partial charge in [-0.05, 0) is 11.5 Å². The molecule has 2 aromatic rings. The summed E-state index contributed by atoms with van der Waals surface area (Å²) in [6.07, 6.45) is 0. The summed E-state index contributed by atoms with van der Waals surface area (Å²) in [7, 11) is -1.48. The largest absolute Gasteiger partial charge is 0.489 e. The van der Waals surface area contributed by atoms with Crippen molar-refractivity contribution < 1.29 is 10.0 Å². The Labute approximate surface area is 98.4 Å². The smallest absolute Gasteiger partial charge is 0.423 e. The third-order valence-corrected chi connectivity index (χ3v) is 4.00. The fourth-order valence-corrected chi connectivity index (χ4v) is 3.12. The van der Waals surface area contributed by atoms with Gasteiger partial charge in [-0.1, -0.05) is 33.6 Å². The Hall–Kier alpha value is -0.0651. The number of halogens is 2. The molecular formula is C8H5BBrClO2S. The number of benzene rings is 1. The van der Waals surface area contributed by atoms with Crippen LogP contribution >= 0.6 is 38.9 Å². The minimum Gasteiger partial charge on any atom is -0.423 e. The van der Waals surface area contributed by atoms with E-state index in [9.17, 15) is 0 Å². The van der Waals surface area contributed by atoms with Crippen LogP contribution in [0, 0.1) is 0 Å². The van der Waals surface area contributed by atoms with Crippen molar-refractivity contribution in [3.05, 3.63) is 27.0 Å². The summed E-state index contributed by atoms with van der Waals surface area (Å²) in [6.45, 7) is 0. The summed E-state index contributed by atoms with van der Waals surface area (Å²) < 4.78 is 1.70. The number of rotatable bonds is 1. The Morgan fingerprint density at radius 1 is 1.36 bits per heavy atom. The molecule has 72 valence electrons. The van der Waals surface area contributed by atoms with Crippen molar-refractivity contribution in [3.63, 3.8) is 0 Å². The van der Waals surface area contributed by atoms with Crippen LogP contribution in [0.1, 0.15) is 0 Å². The highest BCUT2D eigenvalue weighted by atomic mass is 79.9. The van der Waals surface area contributed by atoms with Crippen molar-refractivity contribution in [2.75, 3.05) is 0 Å². The van der Waals surface area contributed by atoms with E-state index < -0.39 is 7.12 Å². The van der Waals surface area contributed by atoms with Gasteiger partial charge >= 0.3 is 7.12 Å². The maximum absolute atomic E-state index is 9.08. The molecule has 2 nitrogen and oxygen atoms in total. The van der Waals surface area contributed by atoms with E-state index in [2.05, 4.69) is 15.9 Å². The van der Waals surface area contributed by atoms with E-state index in [1.54, 1.807) is 6.07 Å². The van der Waals surface area contributed by atoms with Crippen LogP contribution in [0.5, 0.6) is 0 Å². The van der Waals surface area contributed by atoms with Crippen LogP contribution in [0.4, 0.5) is 0 Å². The lowest BCUT2D eigenvalue weighted by Gasteiger charge is -2.03. The third kappa shape index (κ3) is 1.70. The Morgan fingerprint density at radius 3 is 2.71 bits per heavy atom. The minimum atomic E-state index is -1.48. The van der Waals surface area contributed by atoms with Gasteiger partial charge in [0, 0.05) is 19.9 Å². The van der Waals surface area contributed by atoms with Gasteiger partial charge in [-0.15, -0.1) is 11.3 Å². The second-order valence-corrected chi connectivity index (χ2v) is 5.00. The number of hydrogen-bond donors (Lipinski definition) is 2. The predicted octanol–water partition coefficient (Wildman–Crippen LogP) is 2.00. The molecule has 1 heterocycles. The zero-order valence-electron chi connectivity index (χ0n) is 6.87. The zero-order valence-corrected chi connectivity index (χ0v) is 10.0. The zero-order chi connectivity index (χ0) is 10.3. The molecule has 0 aliphatic carbocycles. The molecule has 0 fully saturated rings. The Balaban J connectivity index is 2.74. The first-order chi connectivity index (χ1) is 6.59. The fourth-order valence-electron chi connectivity index (χ4n) is 1.23. The van der Waals surface area contributed by atoms with Crippen LogP contribution < -0.4 is 5.46 Å². The molecule has 2 N–H and O–H groups in total.